The van der Waals surface area contributed by atoms with Crippen molar-refractivity contribution in [1.29, 1.82) is 0 Å². The number of allylic oxidation sites excluding steroid dienone is 4. The topological polar surface area (TPSA) is 72.0 Å². The summed E-state index contributed by atoms with van der Waals surface area (Å²) >= 11 is 5.91. The average molecular weight is 526 g/mol. The van der Waals surface area contributed by atoms with Crippen molar-refractivity contribution in [2.24, 2.45) is 0 Å². The molecule has 188 valence electrons. The van der Waals surface area contributed by atoms with Crippen LogP contribution in [0.2, 0.25) is 5.02 Å². The van der Waals surface area contributed by atoms with E-state index in [9.17, 15) is 8.42 Å². The van der Waals surface area contributed by atoms with Gasteiger partial charge in [0, 0.05) is 62.2 Å². The van der Waals surface area contributed by atoms with Crippen LogP contribution in [0.25, 0.3) is 5.57 Å². The van der Waals surface area contributed by atoms with Gasteiger partial charge in [0.2, 0.25) is 15.9 Å². The Morgan fingerprint density at radius 1 is 1.17 bits per heavy atom. The van der Waals surface area contributed by atoms with Crippen molar-refractivity contribution >= 4 is 27.2 Å². The number of benzene rings is 1. The smallest absolute Gasteiger partial charge is 0.243 e. The van der Waals surface area contributed by atoms with Gasteiger partial charge in [-0.05, 0) is 60.5 Å². The Morgan fingerprint density at radius 3 is 2.69 bits per heavy atom. The van der Waals surface area contributed by atoms with E-state index in [0.717, 1.165) is 35.4 Å². The third-order valence-electron chi connectivity index (χ3n) is 6.57. The quantitative estimate of drug-likeness (QED) is 0.560. The summed E-state index contributed by atoms with van der Waals surface area (Å²) < 4.78 is 39.2. The summed E-state index contributed by atoms with van der Waals surface area (Å²) in [6.45, 7) is 3.11. The Hall–Kier alpha value is -2.75. The van der Waals surface area contributed by atoms with Gasteiger partial charge < -0.3 is 14.4 Å². The first-order valence-corrected chi connectivity index (χ1v) is 13.7. The van der Waals surface area contributed by atoms with Crippen LogP contribution in [0.4, 0.5) is 0 Å². The highest BCUT2D eigenvalue weighted by Gasteiger charge is 2.29. The molecule has 1 aliphatic carbocycles. The molecule has 9 heteroatoms. The van der Waals surface area contributed by atoms with Gasteiger partial charge in [0.05, 0.1) is 4.90 Å². The van der Waals surface area contributed by atoms with E-state index in [2.05, 4.69) is 22.0 Å². The third kappa shape index (κ3) is 5.19. The van der Waals surface area contributed by atoms with E-state index < -0.39 is 10.0 Å². The number of sulfonamides is 1. The number of methoxy groups -OCH3 is 1. The van der Waals surface area contributed by atoms with Crippen molar-refractivity contribution in [3.63, 3.8) is 0 Å². The van der Waals surface area contributed by atoms with Crippen molar-refractivity contribution in [3.05, 3.63) is 94.9 Å². The van der Waals surface area contributed by atoms with Gasteiger partial charge in [-0.3, -0.25) is 0 Å². The van der Waals surface area contributed by atoms with Gasteiger partial charge in [-0.25, -0.2) is 13.4 Å². The highest BCUT2D eigenvalue weighted by atomic mass is 35.5. The highest BCUT2D eigenvalue weighted by molar-refractivity contribution is 7.89. The molecule has 1 fully saturated rings. The van der Waals surface area contributed by atoms with Crippen LogP contribution in [0.15, 0.2) is 89.2 Å². The van der Waals surface area contributed by atoms with Crippen LogP contribution in [0.1, 0.15) is 12.0 Å². The van der Waals surface area contributed by atoms with Crippen molar-refractivity contribution in [1.82, 2.24) is 14.2 Å². The van der Waals surface area contributed by atoms with Crippen molar-refractivity contribution < 1.29 is 17.9 Å². The predicted molar refractivity (Wildman–Crippen MR) is 140 cm³/mol. The summed E-state index contributed by atoms with van der Waals surface area (Å²) in [7, 11) is -1.83. The first-order chi connectivity index (χ1) is 17.5. The SMILES string of the molecule is COC1C=CC=C2Oc3ncccc3C(=CCCN3CCN(S(=O)(=O)c4ccc(Cl)cc4)CC3)C=C21. The molecule has 3 heterocycles. The van der Waals surface area contributed by atoms with E-state index in [0.29, 0.717) is 37.1 Å². The standard InChI is InChI=1S/C27H28ClN3O4S/c1-34-25-7-2-8-26-24(25)19-20(23-6-3-13-29-27(23)35-26)5-4-14-30-15-17-31(18-16-30)36(32,33)22-11-9-21(28)10-12-22/h2-3,5-13,19,25H,4,14-18H2,1H3. The predicted octanol–water partition coefficient (Wildman–Crippen LogP) is 4.30. The molecule has 0 saturated carbocycles. The van der Waals surface area contributed by atoms with E-state index in [4.69, 9.17) is 21.1 Å². The van der Waals surface area contributed by atoms with Gasteiger partial charge in [-0.2, -0.15) is 4.31 Å². The molecular weight excluding hydrogens is 498 g/mol. The average Bonchev–Trinajstić information content (AvgIpc) is 3.06. The van der Waals surface area contributed by atoms with Gasteiger partial charge in [0.25, 0.3) is 0 Å². The van der Waals surface area contributed by atoms with Crippen LogP contribution in [-0.2, 0) is 14.8 Å². The Balaban J connectivity index is 1.26. The number of hydrogen-bond donors (Lipinski definition) is 0. The molecular formula is C27H28ClN3O4S. The maximum absolute atomic E-state index is 13.0. The summed E-state index contributed by atoms with van der Waals surface area (Å²) in [4.78, 5) is 7.02. The normalized spacial score (nSPS) is 21.7. The zero-order valence-electron chi connectivity index (χ0n) is 20.0. The fraction of sp³-hybridized carbons (Fsp3) is 0.296. The second-order valence-electron chi connectivity index (χ2n) is 8.78. The largest absolute Gasteiger partial charge is 0.438 e. The number of halogens is 1. The lowest BCUT2D eigenvalue weighted by atomic mass is 9.97. The molecule has 1 saturated heterocycles. The highest BCUT2D eigenvalue weighted by Crippen LogP contribution is 2.36. The molecule has 2 aromatic rings. The molecule has 36 heavy (non-hydrogen) atoms. The zero-order valence-corrected chi connectivity index (χ0v) is 21.6. The van der Waals surface area contributed by atoms with E-state index in [1.54, 1.807) is 41.9 Å². The zero-order chi connectivity index (χ0) is 25.1. The number of fused-ring (bicyclic) bond motifs is 2. The fourth-order valence-corrected chi connectivity index (χ4v) is 6.15. The summed E-state index contributed by atoms with van der Waals surface area (Å²) in [6.07, 6.45) is 12.5. The minimum atomic E-state index is -3.51. The number of pyridine rings is 1. The van der Waals surface area contributed by atoms with Crippen LogP contribution >= 0.6 is 11.6 Å². The monoisotopic (exact) mass is 525 g/mol. The summed E-state index contributed by atoms with van der Waals surface area (Å²) in [6, 6.07) is 10.3. The van der Waals surface area contributed by atoms with Crippen LogP contribution in [0.5, 0.6) is 5.88 Å². The number of aromatic nitrogens is 1. The lowest BCUT2D eigenvalue weighted by molar-refractivity contribution is 0.164. The number of ether oxygens (including phenoxy) is 2. The number of rotatable bonds is 6. The second-order valence-corrected chi connectivity index (χ2v) is 11.2. The van der Waals surface area contributed by atoms with Crippen molar-refractivity contribution in [2.45, 2.75) is 17.4 Å². The molecule has 3 aliphatic rings. The molecule has 0 radical (unpaired) electrons. The van der Waals surface area contributed by atoms with Crippen LogP contribution in [0.3, 0.4) is 0 Å². The van der Waals surface area contributed by atoms with Crippen molar-refractivity contribution in [2.75, 3.05) is 39.8 Å². The first-order valence-electron chi connectivity index (χ1n) is 11.9. The molecule has 0 amide bonds. The van der Waals surface area contributed by atoms with Gasteiger partial charge in [0.1, 0.15) is 11.9 Å². The fourth-order valence-electron chi connectivity index (χ4n) is 4.60. The molecule has 0 bridgehead atoms. The summed E-state index contributed by atoms with van der Waals surface area (Å²) in [5, 5.41) is 0.520. The lowest BCUT2D eigenvalue weighted by Crippen LogP contribution is -2.48. The summed E-state index contributed by atoms with van der Waals surface area (Å²) in [5.74, 6) is 1.32. The summed E-state index contributed by atoms with van der Waals surface area (Å²) in [5.41, 5.74) is 2.94. The Kier molecular flexibility index (Phi) is 7.41. The maximum atomic E-state index is 13.0. The van der Waals surface area contributed by atoms with E-state index in [1.807, 2.05) is 30.4 Å². The van der Waals surface area contributed by atoms with Crippen LogP contribution in [-0.4, -0.2) is 68.5 Å². The molecule has 1 atom stereocenters. The number of hydrogen-bond acceptors (Lipinski definition) is 6. The van der Waals surface area contributed by atoms with Crippen LogP contribution < -0.4 is 4.74 Å². The van der Waals surface area contributed by atoms with E-state index in [1.165, 1.54) is 0 Å². The van der Waals surface area contributed by atoms with Crippen LogP contribution in [0, 0.1) is 0 Å². The third-order valence-corrected chi connectivity index (χ3v) is 8.74. The first kappa shape index (κ1) is 24.9. The Bertz CT molecular complexity index is 1340. The minimum Gasteiger partial charge on any atom is -0.438 e. The number of piperazine rings is 1. The molecule has 1 aromatic heterocycles. The van der Waals surface area contributed by atoms with Crippen molar-refractivity contribution in [3.8, 4) is 5.88 Å². The molecule has 0 N–H and O–H groups in total. The van der Waals surface area contributed by atoms with Gasteiger partial charge >= 0.3 is 0 Å². The molecule has 7 nitrogen and oxygen atoms in total. The van der Waals surface area contributed by atoms with Gasteiger partial charge in [0.15, 0.2) is 0 Å². The Labute approximate surface area is 217 Å². The number of nitrogens with zero attached hydrogens (tertiary/aromatic N) is 3. The second kappa shape index (κ2) is 10.7. The van der Waals surface area contributed by atoms with Gasteiger partial charge in [-0.15, -0.1) is 0 Å². The molecule has 2 aliphatic heterocycles. The van der Waals surface area contributed by atoms with E-state index in [-0.39, 0.29) is 11.0 Å². The molecule has 0 spiro atoms. The van der Waals surface area contributed by atoms with Gasteiger partial charge in [-0.1, -0.05) is 29.8 Å². The molecule has 1 aromatic carbocycles. The lowest BCUT2D eigenvalue weighted by Gasteiger charge is -2.33. The Morgan fingerprint density at radius 2 is 1.94 bits per heavy atom. The maximum Gasteiger partial charge on any atom is 0.243 e. The van der Waals surface area contributed by atoms with E-state index >= 15 is 0 Å². The minimum absolute atomic E-state index is 0.182. The molecule has 5 rings (SSSR count). The molecule has 1 unspecified atom stereocenters.